The zero-order chi connectivity index (χ0) is 19.2. The van der Waals surface area contributed by atoms with Crippen LogP contribution in [0.3, 0.4) is 0 Å². The van der Waals surface area contributed by atoms with Gasteiger partial charge in [-0.2, -0.15) is 0 Å². The molecule has 0 aliphatic carbocycles. The molecule has 136 valence electrons. The van der Waals surface area contributed by atoms with Gasteiger partial charge in [0.2, 0.25) is 0 Å². The van der Waals surface area contributed by atoms with E-state index < -0.39 is 8.07 Å². The number of hydrogen-bond acceptors (Lipinski definition) is 0. The Balaban J connectivity index is 2.58. The number of allylic oxidation sites excluding steroid dienone is 1. The molecule has 2 rings (SSSR count). The third-order valence-electron chi connectivity index (χ3n) is 5.48. The van der Waals surface area contributed by atoms with Gasteiger partial charge in [0.1, 0.15) is 8.07 Å². The van der Waals surface area contributed by atoms with Gasteiger partial charge in [-0.05, 0) is 33.8 Å². The Hall–Kier alpha value is -2.04. The molecule has 0 heterocycles. The van der Waals surface area contributed by atoms with Crippen molar-refractivity contribution in [1.29, 1.82) is 0 Å². The smallest absolute Gasteiger partial charge is 0.125 e. The molecule has 0 saturated heterocycles. The van der Waals surface area contributed by atoms with Crippen molar-refractivity contribution < 1.29 is 0 Å². The average Bonchev–Trinajstić information content (AvgIpc) is 2.62. The summed E-state index contributed by atoms with van der Waals surface area (Å²) in [6.45, 7) is 14.2. The predicted molar refractivity (Wildman–Crippen MR) is 120 cm³/mol. The fraction of sp³-hybridized carbons (Fsp3) is 0.360. The Kier molecular flexibility index (Phi) is 7.06. The second kappa shape index (κ2) is 9.06. The lowest BCUT2D eigenvalue weighted by atomic mass is 10.0. The quantitative estimate of drug-likeness (QED) is 0.295. The minimum Gasteiger partial charge on any atom is -0.125 e. The van der Waals surface area contributed by atoms with E-state index in [1.54, 1.807) is 0 Å². The van der Waals surface area contributed by atoms with E-state index in [1.165, 1.54) is 11.1 Å². The maximum atomic E-state index is 3.87. The molecule has 0 radical (unpaired) electrons. The summed E-state index contributed by atoms with van der Waals surface area (Å²) in [5, 5.41) is 0. The summed E-state index contributed by atoms with van der Waals surface area (Å²) < 4.78 is 0. The van der Waals surface area contributed by atoms with Crippen LogP contribution < -0.4 is 0 Å². The fourth-order valence-electron chi connectivity index (χ4n) is 4.13. The van der Waals surface area contributed by atoms with Crippen molar-refractivity contribution >= 4 is 19.7 Å². The molecule has 1 heteroatoms. The molecule has 0 saturated carbocycles. The monoisotopic (exact) mass is 360 g/mol. The second-order valence-corrected chi connectivity index (χ2v) is 13.6. The lowest BCUT2D eigenvalue weighted by Gasteiger charge is -2.38. The predicted octanol–water partition coefficient (Wildman–Crippen LogP) is 7.45. The standard InChI is InChI=1S/C25H32Si/c1-20(2)26(21(3)4,22(5)6)18-17-25(24-15-11-8-12-16-24)19-23-13-9-7-10-14-23/h7-16,19-22H,1-6H3/b25-19+. The summed E-state index contributed by atoms with van der Waals surface area (Å²) in [7, 11) is -1.74. The fourth-order valence-corrected chi connectivity index (χ4v) is 9.35. The topological polar surface area (TPSA) is 0 Å². The summed E-state index contributed by atoms with van der Waals surface area (Å²) >= 11 is 0. The van der Waals surface area contributed by atoms with Crippen molar-refractivity contribution in [2.24, 2.45) is 0 Å². The molecule has 0 bridgehead atoms. The molecule has 0 unspecified atom stereocenters. The third kappa shape index (κ3) is 4.57. The van der Waals surface area contributed by atoms with Crippen LogP contribution >= 0.6 is 0 Å². The van der Waals surface area contributed by atoms with Gasteiger partial charge in [0.25, 0.3) is 0 Å². The lowest BCUT2D eigenvalue weighted by molar-refractivity contribution is 0.838. The Labute approximate surface area is 161 Å². The summed E-state index contributed by atoms with van der Waals surface area (Å²) in [4.78, 5) is 0. The van der Waals surface area contributed by atoms with E-state index in [0.717, 1.165) is 5.57 Å². The number of hydrogen-bond donors (Lipinski definition) is 0. The van der Waals surface area contributed by atoms with E-state index in [4.69, 9.17) is 0 Å². The van der Waals surface area contributed by atoms with Crippen LogP contribution in [0.25, 0.3) is 11.6 Å². The summed E-state index contributed by atoms with van der Waals surface area (Å²) in [6, 6.07) is 21.1. The Bertz CT molecular complexity index is 749. The van der Waals surface area contributed by atoms with E-state index in [-0.39, 0.29) is 0 Å². The molecular formula is C25H32Si. The first-order valence-corrected chi connectivity index (χ1v) is 12.0. The van der Waals surface area contributed by atoms with Gasteiger partial charge in [-0.25, -0.2) is 0 Å². The van der Waals surface area contributed by atoms with E-state index in [0.29, 0.717) is 16.6 Å². The molecule has 0 N–H and O–H groups in total. The minimum absolute atomic E-state index is 0.642. The van der Waals surface area contributed by atoms with Crippen LogP contribution in [-0.4, -0.2) is 8.07 Å². The molecule has 0 atom stereocenters. The maximum absolute atomic E-state index is 3.87. The first-order chi connectivity index (χ1) is 12.4. The largest absolute Gasteiger partial charge is 0.146 e. The van der Waals surface area contributed by atoms with Gasteiger partial charge in [-0.3, -0.25) is 0 Å². The molecule has 2 aromatic rings. The van der Waals surface area contributed by atoms with Crippen LogP contribution in [0.5, 0.6) is 0 Å². The van der Waals surface area contributed by atoms with Crippen molar-refractivity contribution in [3.8, 4) is 11.5 Å². The number of benzene rings is 2. The van der Waals surface area contributed by atoms with Gasteiger partial charge in [-0.15, -0.1) is 5.54 Å². The molecule has 0 fully saturated rings. The normalized spacial score (nSPS) is 12.4. The molecule has 0 aliphatic rings. The van der Waals surface area contributed by atoms with E-state index in [1.807, 2.05) is 0 Å². The Morgan fingerprint density at radius 2 is 1.19 bits per heavy atom. The summed E-state index contributed by atoms with van der Waals surface area (Å²) in [6.07, 6.45) is 2.22. The van der Waals surface area contributed by atoms with Gasteiger partial charge < -0.3 is 0 Å². The molecule has 0 amide bonds. The molecule has 0 nitrogen and oxygen atoms in total. The van der Waals surface area contributed by atoms with Crippen molar-refractivity contribution in [1.82, 2.24) is 0 Å². The first-order valence-electron chi connectivity index (χ1n) is 9.73. The average molecular weight is 361 g/mol. The minimum atomic E-state index is -1.74. The highest BCUT2D eigenvalue weighted by atomic mass is 28.3. The Morgan fingerprint density at radius 3 is 1.65 bits per heavy atom. The van der Waals surface area contributed by atoms with Crippen molar-refractivity contribution in [2.75, 3.05) is 0 Å². The van der Waals surface area contributed by atoms with Gasteiger partial charge in [0, 0.05) is 5.57 Å². The van der Waals surface area contributed by atoms with Crippen LogP contribution in [0, 0.1) is 11.5 Å². The van der Waals surface area contributed by atoms with Gasteiger partial charge in [-0.1, -0.05) is 108 Å². The van der Waals surface area contributed by atoms with Crippen LogP contribution in [-0.2, 0) is 0 Å². The molecular weight excluding hydrogens is 328 g/mol. The van der Waals surface area contributed by atoms with Crippen LogP contribution in [0.1, 0.15) is 52.7 Å². The van der Waals surface area contributed by atoms with E-state index in [2.05, 4.69) is 120 Å². The van der Waals surface area contributed by atoms with Crippen molar-refractivity contribution in [3.05, 3.63) is 71.8 Å². The van der Waals surface area contributed by atoms with Gasteiger partial charge in [0.05, 0.1) is 0 Å². The van der Waals surface area contributed by atoms with Gasteiger partial charge in [0.15, 0.2) is 0 Å². The van der Waals surface area contributed by atoms with E-state index >= 15 is 0 Å². The highest BCUT2D eigenvalue weighted by Crippen LogP contribution is 2.41. The SMILES string of the molecule is CC(C)[Si](C#C/C(=C\c1ccccc1)c1ccccc1)(C(C)C)C(C)C. The van der Waals surface area contributed by atoms with Crippen molar-refractivity contribution in [3.63, 3.8) is 0 Å². The third-order valence-corrected chi connectivity index (χ3v) is 11.8. The van der Waals surface area contributed by atoms with Gasteiger partial charge >= 0.3 is 0 Å². The molecule has 0 aromatic heterocycles. The van der Waals surface area contributed by atoms with Crippen LogP contribution in [0.4, 0.5) is 0 Å². The molecule has 2 aromatic carbocycles. The van der Waals surface area contributed by atoms with Crippen LogP contribution in [0.2, 0.25) is 16.6 Å². The summed E-state index contributed by atoms with van der Waals surface area (Å²) in [5.41, 5.74) is 9.32. The maximum Gasteiger partial charge on any atom is 0.146 e. The molecule has 0 spiro atoms. The Morgan fingerprint density at radius 1 is 0.731 bits per heavy atom. The van der Waals surface area contributed by atoms with Crippen molar-refractivity contribution in [2.45, 2.75) is 58.2 Å². The second-order valence-electron chi connectivity index (χ2n) is 7.98. The molecule has 0 aliphatic heterocycles. The summed E-state index contributed by atoms with van der Waals surface area (Å²) in [5.74, 6) is 3.64. The van der Waals surface area contributed by atoms with E-state index in [9.17, 15) is 0 Å². The lowest BCUT2D eigenvalue weighted by Crippen LogP contribution is -2.43. The zero-order valence-corrected chi connectivity index (χ0v) is 18.1. The highest BCUT2D eigenvalue weighted by Gasteiger charge is 2.41. The zero-order valence-electron chi connectivity index (χ0n) is 17.1. The highest BCUT2D eigenvalue weighted by molar-refractivity contribution is 6.90. The first kappa shape index (κ1) is 20.3. The van der Waals surface area contributed by atoms with Crippen LogP contribution in [0.15, 0.2) is 60.7 Å². The molecule has 26 heavy (non-hydrogen) atoms. The number of rotatable bonds is 5.